The Morgan fingerprint density at radius 3 is 2.30 bits per heavy atom. The fraction of sp³-hybridized carbons (Fsp3) is 0.480. The van der Waals surface area contributed by atoms with Gasteiger partial charge in [0.2, 0.25) is 0 Å². The van der Waals surface area contributed by atoms with Gasteiger partial charge in [-0.2, -0.15) is 0 Å². The van der Waals surface area contributed by atoms with E-state index in [1.54, 1.807) is 21.3 Å². The minimum Gasteiger partial charge on any atom is -0.496 e. The van der Waals surface area contributed by atoms with Gasteiger partial charge in [0, 0.05) is 18.7 Å². The monoisotopic (exact) mass is 568 g/mol. The Hall–Kier alpha value is -2.20. The van der Waals surface area contributed by atoms with Gasteiger partial charge >= 0.3 is 0 Å². The number of nitrogens with one attached hydrogen (secondary N) is 2. The van der Waals surface area contributed by atoms with E-state index in [9.17, 15) is 0 Å². The molecule has 182 valence electrons. The van der Waals surface area contributed by atoms with Crippen molar-refractivity contribution >= 4 is 29.9 Å². The first-order valence-electron chi connectivity index (χ1n) is 11.3. The molecule has 0 amide bonds. The lowest BCUT2D eigenvalue weighted by Gasteiger charge is -2.30. The van der Waals surface area contributed by atoms with Crippen LogP contribution < -0.4 is 24.8 Å². The number of benzene rings is 2. The van der Waals surface area contributed by atoms with Crippen LogP contribution in [0, 0.1) is 0 Å². The zero-order valence-electron chi connectivity index (χ0n) is 20.1. The fourth-order valence-corrected chi connectivity index (χ4v) is 4.12. The van der Waals surface area contributed by atoms with Crippen LogP contribution in [-0.2, 0) is 6.54 Å². The molecule has 0 spiro atoms. The van der Waals surface area contributed by atoms with E-state index < -0.39 is 0 Å². The second kappa shape index (κ2) is 14.1. The molecule has 2 aromatic carbocycles. The first kappa shape index (κ1) is 27.0. The van der Waals surface area contributed by atoms with Crippen LogP contribution in [0.25, 0.3) is 0 Å². The summed E-state index contributed by atoms with van der Waals surface area (Å²) in [6, 6.07) is 14.4. The maximum absolute atomic E-state index is 5.66. The molecular weight excluding hydrogens is 531 g/mol. The SMILES string of the molecule is CCNC(=NCc1ccc(OC)c(OC)c1)NCC(c1ccccc1OC)N1CCCC1.I. The van der Waals surface area contributed by atoms with Crippen molar-refractivity contribution in [1.29, 1.82) is 0 Å². The number of halogens is 1. The molecule has 1 fully saturated rings. The van der Waals surface area contributed by atoms with Crippen LogP contribution >= 0.6 is 24.0 Å². The van der Waals surface area contributed by atoms with Gasteiger partial charge in [0.15, 0.2) is 17.5 Å². The van der Waals surface area contributed by atoms with Gasteiger partial charge < -0.3 is 24.8 Å². The van der Waals surface area contributed by atoms with Crippen molar-refractivity contribution in [3.8, 4) is 17.2 Å². The number of guanidine groups is 1. The molecule has 1 unspecified atom stereocenters. The number of hydrogen-bond donors (Lipinski definition) is 2. The van der Waals surface area contributed by atoms with Gasteiger partial charge in [-0.3, -0.25) is 4.90 Å². The maximum atomic E-state index is 5.66. The van der Waals surface area contributed by atoms with Crippen LogP contribution in [0.5, 0.6) is 17.2 Å². The Kier molecular flexibility index (Phi) is 11.6. The standard InChI is InChI=1S/C25H36N4O3.HI/c1-5-26-25(27-17-19-12-13-23(31-3)24(16-19)32-4)28-18-21(29-14-8-9-15-29)20-10-6-7-11-22(20)30-2;/h6-7,10-13,16,21H,5,8-9,14-15,17-18H2,1-4H3,(H2,26,27,28);1H. The molecule has 3 rings (SSSR count). The van der Waals surface area contributed by atoms with Gasteiger partial charge in [0.25, 0.3) is 0 Å². The molecule has 1 saturated heterocycles. The number of hydrogen-bond acceptors (Lipinski definition) is 5. The highest BCUT2D eigenvalue weighted by Gasteiger charge is 2.26. The molecule has 0 aromatic heterocycles. The van der Waals surface area contributed by atoms with Crippen molar-refractivity contribution in [2.24, 2.45) is 4.99 Å². The van der Waals surface area contributed by atoms with E-state index in [1.165, 1.54) is 18.4 Å². The van der Waals surface area contributed by atoms with Crippen molar-refractivity contribution in [2.45, 2.75) is 32.4 Å². The average Bonchev–Trinajstić information content (AvgIpc) is 3.37. The third kappa shape index (κ3) is 7.40. The average molecular weight is 569 g/mol. The van der Waals surface area contributed by atoms with Gasteiger partial charge in [-0.25, -0.2) is 4.99 Å². The maximum Gasteiger partial charge on any atom is 0.191 e. The number of para-hydroxylation sites is 1. The molecule has 2 N–H and O–H groups in total. The van der Waals surface area contributed by atoms with Crippen LogP contribution in [-0.4, -0.2) is 58.4 Å². The quantitative estimate of drug-likeness (QED) is 0.254. The Morgan fingerprint density at radius 1 is 0.939 bits per heavy atom. The summed E-state index contributed by atoms with van der Waals surface area (Å²) in [5.41, 5.74) is 2.26. The minimum absolute atomic E-state index is 0. The predicted molar refractivity (Wildman–Crippen MR) is 144 cm³/mol. The first-order valence-corrected chi connectivity index (χ1v) is 11.3. The summed E-state index contributed by atoms with van der Waals surface area (Å²) in [7, 11) is 5.02. The highest BCUT2D eigenvalue weighted by molar-refractivity contribution is 14.0. The van der Waals surface area contributed by atoms with Crippen molar-refractivity contribution in [3.63, 3.8) is 0 Å². The summed E-state index contributed by atoms with van der Waals surface area (Å²) < 4.78 is 16.4. The molecule has 0 aliphatic carbocycles. The number of rotatable bonds is 10. The molecule has 33 heavy (non-hydrogen) atoms. The number of aliphatic imine (C=N–C) groups is 1. The van der Waals surface area contributed by atoms with Gasteiger partial charge in [-0.15, -0.1) is 24.0 Å². The number of methoxy groups -OCH3 is 3. The van der Waals surface area contributed by atoms with Crippen molar-refractivity contribution in [3.05, 3.63) is 53.6 Å². The fourth-order valence-electron chi connectivity index (χ4n) is 4.12. The number of nitrogens with zero attached hydrogens (tertiary/aromatic N) is 2. The summed E-state index contributed by atoms with van der Waals surface area (Å²) in [6.07, 6.45) is 2.47. The largest absolute Gasteiger partial charge is 0.496 e. The number of likely N-dealkylation sites (tertiary alicyclic amines) is 1. The molecule has 2 aromatic rings. The predicted octanol–water partition coefficient (Wildman–Crippen LogP) is 4.22. The van der Waals surface area contributed by atoms with E-state index in [4.69, 9.17) is 19.2 Å². The minimum atomic E-state index is 0. The smallest absolute Gasteiger partial charge is 0.191 e. The van der Waals surface area contributed by atoms with E-state index in [0.717, 1.165) is 49.2 Å². The normalized spacial score (nSPS) is 14.8. The molecular formula is C25H37IN4O3. The van der Waals surface area contributed by atoms with Crippen LogP contribution in [0.4, 0.5) is 0 Å². The zero-order valence-corrected chi connectivity index (χ0v) is 22.4. The lowest BCUT2D eigenvalue weighted by atomic mass is 10.0. The van der Waals surface area contributed by atoms with Gasteiger partial charge in [-0.1, -0.05) is 24.3 Å². The van der Waals surface area contributed by atoms with Gasteiger partial charge in [0.05, 0.1) is 33.9 Å². The van der Waals surface area contributed by atoms with Gasteiger partial charge in [-0.05, 0) is 56.6 Å². The molecule has 1 heterocycles. The molecule has 1 atom stereocenters. The molecule has 0 radical (unpaired) electrons. The second-order valence-electron chi connectivity index (χ2n) is 7.77. The molecule has 7 nitrogen and oxygen atoms in total. The lowest BCUT2D eigenvalue weighted by Crippen LogP contribution is -2.42. The van der Waals surface area contributed by atoms with Crippen LogP contribution in [0.3, 0.4) is 0 Å². The van der Waals surface area contributed by atoms with Crippen molar-refractivity contribution in [2.75, 3.05) is 47.5 Å². The molecule has 8 heteroatoms. The molecule has 1 aliphatic rings. The van der Waals surface area contributed by atoms with E-state index >= 15 is 0 Å². The first-order chi connectivity index (χ1) is 15.7. The summed E-state index contributed by atoms with van der Waals surface area (Å²) in [6.45, 7) is 6.36. The van der Waals surface area contributed by atoms with Crippen molar-refractivity contribution < 1.29 is 14.2 Å². The Labute approximate surface area is 214 Å². The number of ether oxygens (including phenoxy) is 3. The molecule has 0 bridgehead atoms. The van der Waals surface area contributed by atoms with Crippen LogP contribution in [0.15, 0.2) is 47.5 Å². The zero-order chi connectivity index (χ0) is 22.8. The van der Waals surface area contributed by atoms with Crippen molar-refractivity contribution in [1.82, 2.24) is 15.5 Å². The summed E-state index contributed by atoms with van der Waals surface area (Å²) in [5.74, 6) is 3.15. The Morgan fingerprint density at radius 2 is 1.64 bits per heavy atom. The van der Waals surface area contributed by atoms with E-state index in [1.807, 2.05) is 30.3 Å². The summed E-state index contributed by atoms with van der Waals surface area (Å²) >= 11 is 0. The Balaban J connectivity index is 0.00000385. The highest BCUT2D eigenvalue weighted by atomic mass is 127. The topological polar surface area (TPSA) is 67.4 Å². The van der Waals surface area contributed by atoms with Gasteiger partial charge in [0.1, 0.15) is 5.75 Å². The van der Waals surface area contributed by atoms with Crippen LogP contribution in [0.2, 0.25) is 0 Å². The van der Waals surface area contributed by atoms with E-state index in [0.29, 0.717) is 12.3 Å². The third-order valence-corrected chi connectivity index (χ3v) is 5.75. The molecule has 0 saturated carbocycles. The Bertz CT molecular complexity index is 888. The summed E-state index contributed by atoms with van der Waals surface area (Å²) in [5, 5.41) is 6.92. The second-order valence-corrected chi connectivity index (χ2v) is 7.77. The lowest BCUT2D eigenvalue weighted by molar-refractivity contribution is 0.239. The highest BCUT2D eigenvalue weighted by Crippen LogP contribution is 2.31. The molecule has 1 aliphatic heterocycles. The van der Waals surface area contributed by atoms with Crippen LogP contribution in [0.1, 0.15) is 36.9 Å². The summed E-state index contributed by atoms with van der Waals surface area (Å²) in [4.78, 5) is 7.33. The van der Waals surface area contributed by atoms with E-state index in [2.05, 4.69) is 34.6 Å². The van der Waals surface area contributed by atoms with E-state index in [-0.39, 0.29) is 30.0 Å². The third-order valence-electron chi connectivity index (χ3n) is 5.75.